The summed E-state index contributed by atoms with van der Waals surface area (Å²) in [5.41, 5.74) is 1.95. The van der Waals surface area contributed by atoms with E-state index in [2.05, 4.69) is 26.5 Å². The molecule has 0 fully saturated rings. The third-order valence-corrected chi connectivity index (χ3v) is 2.98. The zero-order valence-corrected chi connectivity index (χ0v) is 10.7. The first-order chi connectivity index (χ1) is 7.63. The Morgan fingerprint density at radius 3 is 2.94 bits per heavy atom. The van der Waals surface area contributed by atoms with Gasteiger partial charge in [0.1, 0.15) is 0 Å². The quantitative estimate of drug-likeness (QED) is 0.583. The SMILES string of the molecule is COC(=O)C(C)=CCN(C)Cc1ccsc1. The molecule has 1 rings (SSSR count). The second-order valence-electron chi connectivity index (χ2n) is 3.71. The molecule has 0 radical (unpaired) electrons. The normalized spacial score (nSPS) is 11.9. The van der Waals surface area contributed by atoms with Gasteiger partial charge in [0.05, 0.1) is 7.11 Å². The summed E-state index contributed by atoms with van der Waals surface area (Å²) in [7, 11) is 3.42. The van der Waals surface area contributed by atoms with E-state index in [9.17, 15) is 4.79 Å². The van der Waals surface area contributed by atoms with Gasteiger partial charge in [-0.05, 0) is 36.4 Å². The summed E-state index contributed by atoms with van der Waals surface area (Å²) in [4.78, 5) is 13.3. The highest BCUT2D eigenvalue weighted by atomic mass is 32.1. The molecule has 0 amide bonds. The molecule has 0 aliphatic heterocycles. The molecule has 0 aliphatic rings. The predicted molar refractivity (Wildman–Crippen MR) is 66.4 cm³/mol. The van der Waals surface area contributed by atoms with E-state index in [1.807, 2.05) is 13.1 Å². The van der Waals surface area contributed by atoms with Crippen LogP contribution in [0.3, 0.4) is 0 Å². The third-order valence-electron chi connectivity index (χ3n) is 2.25. The van der Waals surface area contributed by atoms with Crippen molar-refractivity contribution in [1.29, 1.82) is 0 Å². The van der Waals surface area contributed by atoms with Crippen LogP contribution in [0.2, 0.25) is 0 Å². The van der Waals surface area contributed by atoms with Crippen molar-refractivity contribution in [1.82, 2.24) is 4.90 Å². The van der Waals surface area contributed by atoms with Crippen molar-refractivity contribution in [2.75, 3.05) is 20.7 Å². The van der Waals surface area contributed by atoms with Crippen molar-refractivity contribution in [3.05, 3.63) is 34.0 Å². The van der Waals surface area contributed by atoms with E-state index in [0.717, 1.165) is 13.1 Å². The van der Waals surface area contributed by atoms with Gasteiger partial charge < -0.3 is 4.74 Å². The molecule has 1 heterocycles. The Bertz CT molecular complexity index is 357. The van der Waals surface area contributed by atoms with Crippen LogP contribution in [0.5, 0.6) is 0 Å². The van der Waals surface area contributed by atoms with E-state index in [4.69, 9.17) is 0 Å². The van der Waals surface area contributed by atoms with E-state index in [0.29, 0.717) is 5.57 Å². The van der Waals surface area contributed by atoms with Crippen LogP contribution in [0.15, 0.2) is 28.5 Å². The number of esters is 1. The number of likely N-dealkylation sites (N-methyl/N-ethyl adjacent to an activating group) is 1. The van der Waals surface area contributed by atoms with Gasteiger partial charge in [-0.25, -0.2) is 4.79 Å². The molecule has 0 unspecified atom stereocenters. The standard InChI is InChI=1S/C12H17NO2S/c1-10(12(14)15-3)4-6-13(2)8-11-5-7-16-9-11/h4-5,7,9H,6,8H2,1-3H3. The molecule has 4 heteroatoms. The van der Waals surface area contributed by atoms with Crippen molar-refractivity contribution in [2.24, 2.45) is 0 Å². The number of carbonyl (C=O) groups excluding carboxylic acids is 1. The Morgan fingerprint density at radius 1 is 1.62 bits per heavy atom. The van der Waals surface area contributed by atoms with E-state index < -0.39 is 0 Å². The van der Waals surface area contributed by atoms with Crippen molar-refractivity contribution in [3.8, 4) is 0 Å². The van der Waals surface area contributed by atoms with Crippen molar-refractivity contribution < 1.29 is 9.53 Å². The zero-order valence-electron chi connectivity index (χ0n) is 9.90. The fraction of sp³-hybridized carbons (Fsp3) is 0.417. The van der Waals surface area contributed by atoms with Gasteiger partial charge in [0.2, 0.25) is 0 Å². The summed E-state index contributed by atoms with van der Waals surface area (Å²) in [6, 6.07) is 2.11. The number of hydrogen-bond acceptors (Lipinski definition) is 4. The second kappa shape index (κ2) is 6.45. The summed E-state index contributed by atoms with van der Waals surface area (Å²) < 4.78 is 4.63. The highest BCUT2D eigenvalue weighted by molar-refractivity contribution is 7.07. The number of nitrogens with zero attached hydrogens (tertiary/aromatic N) is 1. The predicted octanol–water partition coefficient (Wildman–Crippen LogP) is 2.30. The Morgan fingerprint density at radius 2 is 2.38 bits per heavy atom. The summed E-state index contributed by atoms with van der Waals surface area (Å²) in [5.74, 6) is -0.260. The van der Waals surface area contributed by atoms with Crippen LogP contribution >= 0.6 is 11.3 Å². The van der Waals surface area contributed by atoms with Crippen LogP contribution in [-0.4, -0.2) is 31.6 Å². The van der Waals surface area contributed by atoms with Gasteiger partial charge in [0.25, 0.3) is 0 Å². The lowest BCUT2D eigenvalue weighted by molar-refractivity contribution is -0.136. The smallest absolute Gasteiger partial charge is 0.333 e. The topological polar surface area (TPSA) is 29.5 Å². The minimum atomic E-state index is -0.260. The van der Waals surface area contributed by atoms with Crippen LogP contribution in [0.4, 0.5) is 0 Å². The molecule has 0 atom stereocenters. The second-order valence-corrected chi connectivity index (χ2v) is 4.49. The molecule has 0 bridgehead atoms. The molecule has 0 spiro atoms. The third kappa shape index (κ3) is 4.16. The monoisotopic (exact) mass is 239 g/mol. The van der Waals surface area contributed by atoms with Crippen molar-refractivity contribution in [3.63, 3.8) is 0 Å². The molecule has 0 aromatic carbocycles. The Balaban J connectivity index is 2.40. The van der Waals surface area contributed by atoms with Crippen LogP contribution in [0, 0.1) is 0 Å². The number of hydrogen-bond donors (Lipinski definition) is 0. The number of rotatable bonds is 5. The number of carbonyl (C=O) groups is 1. The average Bonchev–Trinajstić information content (AvgIpc) is 2.77. The molecule has 0 aliphatic carbocycles. The molecule has 16 heavy (non-hydrogen) atoms. The summed E-state index contributed by atoms with van der Waals surface area (Å²) in [5, 5.41) is 4.20. The molecule has 0 saturated carbocycles. The zero-order chi connectivity index (χ0) is 12.0. The first kappa shape index (κ1) is 12.9. The van der Waals surface area contributed by atoms with E-state index in [1.54, 1.807) is 18.3 Å². The summed E-state index contributed by atoms with van der Waals surface area (Å²) in [6.45, 7) is 3.41. The fourth-order valence-corrected chi connectivity index (χ4v) is 1.96. The highest BCUT2D eigenvalue weighted by Gasteiger charge is 2.03. The fourth-order valence-electron chi connectivity index (χ4n) is 1.30. The first-order valence-electron chi connectivity index (χ1n) is 5.08. The van der Waals surface area contributed by atoms with Gasteiger partial charge in [0, 0.05) is 18.7 Å². The number of methoxy groups -OCH3 is 1. The van der Waals surface area contributed by atoms with Gasteiger partial charge in [-0.2, -0.15) is 11.3 Å². The lowest BCUT2D eigenvalue weighted by Crippen LogP contribution is -2.18. The molecule has 0 saturated heterocycles. The van der Waals surface area contributed by atoms with Crippen molar-refractivity contribution >= 4 is 17.3 Å². The van der Waals surface area contributed by atoms with E-state index in [1.165, 1.54) is 12.7 Å². The molecular formula is C12H17NO2S. The Hall–Kier alpha value is -1.13. The maximum atomic E-state index is 11.1. The maximum absolute atomic E-state index is 11.1. The average molecular weight is 239 g/mol. The summed E-state index contributed by atoms with van der Waals surface area (Å²) >= 11 is 1.70. The molecule has 3 nitrogen and oxygen atoms in total. The van der Waals surface area contributed by atoms with E-state index >= 15 is 0 Å². The van der Waals surface area contributed by atoms with Crippen LogP contribution in [-0.2, 0) is 16.1 Å². The maximum Gasteiger partial charge on any atom is 0.333 e. The largest absolute Gasteiger partial charge is 0.466 e. The lowest BCUT2D eigenvalue weighted by atomic mass is 10.2. The lowest BCUT2D eigenvalue weighted by Gasteiger charge is -2.13. The molecule has 1 aromatic heterocycles. The van der Waals surface area contributed by atoms with Gasteiger partial charge in [-0.3, -0.25) is 4.90 Å². The number of ether oxygens (including phenoxy) is 1. The minimum Gasteiger partial charge on any atom is -0.466 e. The van der Waals surface area contributed by atoms with E-state index in [-0.39, 0.29) is 5.97 Å². The molecule has 0 N–H and O–H groups in total. The van der Waals surface area contributed by atoms with Crippen LogP contribution < -0.4 is 0 Å². The highest BCUT2D eigenvalue weighted by Crippen LogP contribution is 2.08. The molecule has 88 valence electrons. The minimum absolute atomic E-state index is 0.260. The Labute approximate surface area is 100 Å². The Kier molecular flexibility index (Phi) is 5.22. The van der Waals surface area contributed by atoms with Crippen molar-refractivity contribution in [2.45, 2.75) is 13.5 Å². The van der Waals surface area contributed by atoms with Gasteiger partial charge in [-0.1, -0.05) is 6.08 Å². The van der Waals surface area contributed by atoms with Gasteiger partial charge >= 0.3 is 5.97 Å². The van der Waals surface area contributed by atoms with Gasteiger partial charge in [0.15, 0.2) is 0 Å². The van der Waals surface area contributed by atoms with Gasteiger partial charge in [-0.15, -0.1) is 0 Å². The molecular weight excluding hydrogens is 222 g/mol. The van der Waals surface area contributed by atoms with Crippen LogP contribution in [0.1, 0.15) is 12.5 Å². The summed E-state index contributed by atoms with van der Waals surface area (Å²) in [6.07, 6.45) is 1.89. The van der Waals surface area contributed by atoms with Crippen LogP contribution in [0.25, 0.3) is 0 Å². The molecule has 1 aromatic rings. The first-order valence-corrected chi connectivity index (χ1v) is 6.02. The number of thiophene rings is 1.